The van der Waals surface area contributed by atoms with Crippen LogP contribution in [0, 0.1) is 0 Å². The Balaban J connectivity index is 1.36. The molecule has 5 rings (SSSR count). The zero-order valence-electron chi connectivity index (χ0n) is 17.2. The van der Waals surface area contributed by atoms with E-state index in [2.05, 4.69) is 20.5 Å². The molecule has 1 aliphatic heterocycles. The summed E-state index contributed by atoms with van der Waals surface area (Å²) in [5, 5.41) is 11.1. The molecule has 1 saturated carbocycles. The predicted molar refractivity (Wildman–Crippen MR) is 114 cm³/mol. The maximum Gasteiger partial charge on any atom is 0.272 e. The van der Waals surface area contributed by atoms with Crippen LogP contribution in [0.1, 0.15) is 48.2 Å². The third kappa shape index (κ3) is 4.30. The van der Waals surface area contributed by atoms with Gasteiger partial charge in [0.25, 0.3) is 11.8 Å². The molecule has 3 heterocycles. The van der Waals surface area contributed by atoms with E-state index in [-0.39, 0.29) is 25.0 Å². The molecule has 1 saturated heterocycles. The van der Waals surface area contributed by atoms with Crippen molar-refractivity contribution < 1.29 is 13.6 Å². The third-order valence-electron chi connectivity index (χ3n) is 6.16. The number of hydrogen-bond donors (Lipinski definition) is 2. The van der Waals surface area contributed by atoms with Gasteiger partial charge >= 0.3 is 0 Å². The molecule has 3 aromatic rings. The van der Waals surface area contributed by atoms with Crippen molar-refractivity contribution in [3.63, 3.8) is 0 Å². The molecule has 31 heavy (non-hydrogen) atoms. The number of carbonyl (C=O) groups excluding carboxylic acids is 1. The Kier molecular flexibility index (Phi) is 5.17. The van der Waals surface area contributed by atoms with E-state index in [0.717, 1.165) is 53.3 Å². The van der Waals surface area contributed by atoms with Crippen LogP contribution in [0.4, 0.5) is 8.78 Å². The second-order valence-electron chi connectivity index (χ2n) is 8.72. The Labute approximate surface area is 179 Å². The lowest BCUT2D eigenvalue weighted by Crippen LogP contribution is -2.55. The molecule has 6 nitrogen and oxygen atoms in total. The van der Waals surface area contributed by atoms with Crippen LogP contribution in [0.2, 0.25) is 0 Å². The number of nitrogens with one attached hydrogen (secondary N) is 2. The second kappa shape index (κ2) is 8.00. The maximum absolute atomic E-state index is 13.1. The summed E-state index contributed by atoms with van der Waals surface area (Å²) in [5.74, 6) is -2.73. The van der Waals surface area contributed by atoms with Gasteiger partial charge in [-0.05, 0) is 42.2 Å². The van der Waals surface area contributed by atoms with Gasteiger partial charge in [0.2, 0.25) is 0 Å². The number of likely N-dealkylation sites (tertiary alicyclic amines) is 1. The van der Waals surface area contributed by atoms with Crippen molar-refractivity contribution in [2.45, 2.75) is 50.6 Å². The minimum atomic E-state index is -2.58. The van der Waals surface area contributed by atoms with E-state index in [0.29, 0.717) is 12.2 Å². The largest absolute Gasteiger partial charge is 0.348 e. The van der Waals surface area contributed by atoms with Crippen LogP contribution in [0.5, 0.6) is 0 Å². The first-order valence-electron chi connectivity index (χ1n) is 10.8. The molecule has 2 fully saturated rings. The fourth-order valence-electron chi connectivity index (χ4n) is 4.58. The fourth-order valence-corrected chi connectivity index (χ4v) is 4.58. The SMILES string of the molecule is O=C(NC1CCCCC1)c1n[nH]c2ccc(-c3cncc(CN4CC(F)(F)C4)c3)cc12. The number of nitrogens with zero attached hydrogens (tertiary/aromatic N) is 3. The summed E-state index contributed by atoms with van der Waals surface area (Å²) in [4.78, 5) is 18.8. The number of pyridine rings is 1. The van der Waals surface area contributed by atoms with Crippen LogP contribution in [0.3, 0.4) is 0 Å². The van der Waals surface area contributed by atoms with Crippen molar-refractivity contribution in [3.05, 3.63) is 47.9 Å². The highest BCUT2D eigenvalue weighted by atomic mass is 19.3. The van der Waals surface area contributed by atoms with Crippen LogP contribution >= 0.6 is 0 Å². The topological polar surface area (TPSA) is 73.9 Å². The van der Waals surface area contributed by atoms with Gasteiger partial charge in [0.15, 0.2) is 5.69 Å². The first-order valence-corrected chi connectivity index (χ1v) is 10.8. The summed E-state index contributed by atoms with van der Waals surface area (Å²) in [5.41, 5.74) is 3.87. The second-order valence-corrected chi connectivity index (χ2v) is 8.72. The standard InChI is InChI=1S/C23H25F2N5O/c24-23(25)13-30(14-23)12-15-8-17(11-26-10-15)16-6-7-20-19(9-16)21(29-28-20)22(31)27-18-4-2-1-3-5-18/h6-11,18H,1-5,12-14H2,(H,27,31)(H,28,29). The van der Waals surface area contributed by atoms with Gasteiger partial charge in [-0.2, -0.15) is 5.10 Å². The number of H-pyrrole nitrogens is 1. The van der Waals surface area contributed by atoms with Crippen molar-refractivity contribution in [3.8, 4) is 11.1 Å². The van der Waals surface area contributed by atoms with Gasteiger partial charge in [-0.15, -0.1) is 0 Å². The van der Waals surface area contributed by atoms with Crippen molar-refractivity contribution in [1.29, 1.82) is 0 Å². The van der Waals surface area contributed by atoms with Gasteiger partial charge in [0.1, 0.15) is 0 Å². The number of fused-ring (bicyclic) bond motifs is 1. The molecule has 8 heteroatoms. The Morgan fingerprint density at radius 2 is 1.94 bits per heavy atom. The zero-order valence-corrected chi connectivity index (χ0v) is 17.2. The number of aromatic nitrogens is 3. The predicted octanol–water partition coefficient (Wildman–Crippen LogP) is 4.14. The summed E-state index contributed by atoms with van der Waals surface area (Å²) >= 11 is 0. The summed E-state index contributed by atoms with van der Waals surface area (Å²) < 4.78 is 26.2. The van der Waals surface area contributed by atoms with Crippen molar-refractivity contribution in [2.75, 3.05) is 13.1 Å². The lowest BCUT2D eigenvalue weighted by Gasteiger charge is -2.38. The highest BCUT2D eigenvalue weighted by molar-refractivity contribution is 6.05. The highest BCUT2D eigenvalue weighted by Gasteiger charge is 2.43. The van der Waals surface area contributed by atoms with Crippen LogP contribution in [0.25, 0.3) is 22.0 Å². The Bertz CT molecular complexity index is 1100. The molecule has 2 N–H and O–H groups in total. The molecule has 2 aliphatic rings. The smallest absolute Gasteiger partial charge is 0.272 e. The van der Waals surface area contributed by atoms with Gasteiger partial charge in [0, 0.05) is 35.9 Å². The molecule has 162 valence electrons. The fraction of sp³-hybridized carbons (Fsp3) is 0.435. The molecule has 1 amide bonds. The molecule has 0 atom stereocenters. The lowest BCUT2D eigenvalue weighted by atomic mass is 9.95. The molecule has 0 bridgehead atoms. The zero-order chi connectivity index (χ0) is 21.4. The average molecular weight is 425 g/mol. The molecule has 0 spiro atoms. The van der Waals surface area contributed by atoms with Gasteiger partial charge in [0.05, 0.1) is 18.6 Å². The molecular formula is C23H25F2N5O. The first-order chi connectivity index (χ1) is 15.0. The van der Waals surface area contributed by atoms with E-state index in [1.807, 2.05) is 24.3 Å². The van der Waals surface area contributed by atoms with Gasteiger partial charge in [-0.25, -0.2) is 8.78 Å². The lowest BCUT2D eigenvalue weighted by molar-refractivity contribution is -0.133. The summed E-state index contributed by atoms with van der Waals surface area (Å²) in [6.45, 7) is 0.0226. The Morgan fingerprint density at radius 1 is 1.13 bits per heavy atom. The van der Waals surface area contributed by atoms with Gasteiger partial charge in [-0.1, -0.05) is 25.3 Å². The number of rotatable bonds is 5. The van der Waals surface area contributed by atoms with Crippen molar-refractivity contribution in [1.82, 2.24) is 25.4 Å². The number of alkyl halides is 2. The van der Waals surface area contributed by atoms with Crippen LogP contribution < -0.4 is 5.32 Å². The molecular weight excluding hydrogens is 400 g/mol. The molecule has 0 unspecified atom stereocenters. The van der Waals surface area contributed by atoms with Crippen molar-refractivity contribution in [2.24, 2.45) is 0 Å². The minimum absolute atomic E-state index is 0.152. The van der Waals surface area contributed by atoms with Crippen LogP contribution in [-0.4, -0.2) is 51.0 Å². The molecule has 0 radical (unpaired) electrons. The molecule has 1 aromatic carbocycles. The first kappa shape index (κ1) is 20.1. The molecule has 2 aromatic heterocycles. The highest BCUT2D eigenvalue weighted by Crippen LogP contribution is 2.30. The Hall–Kier alpha value is -2.87. The number of carbonyl (C=O) groups is 1. The van der Waals surface area contributed by atoms with Crippen LogP contribution in [0.15, 0.2) is 36.7 Å². The molecule has 1 aliphatic carbocycles. The van der Waals surface area contributed by atoms with E-state index in [1.54, 1.807) is 17.3 Å². The normalized spacial score (nSPS) is 19.3. The van der Waals surface area contributed by atoms with E-state index >= 15 is 0 Å². The van der Waals surface area contributed by atoms with E-state index in [4.69, 9.17) is 0 Å². The number of halogens is 2. The average Bonchev–Trinajstić information content (AvgIpc) is 3.17. The van der Waals surface area contributed by atoms with E-state index in [9.17, 15) is 13.6 Å². The number of amides is 1. The minimum Gasteiger partial charge on any atom is -0.348 e. The summed E-state index contributed by atoms with van der Waals surface area (Å²) in [7, 11) is 0. The maximum atomic E-state index is 13.1. The number of aromatic amines is 1. The van der Waals surface area contributed by atoms with E-state index < -0.39 is 5.92 Å². The van der Waals surface area contributed by atoms with Crippen LogP contribution in [-0.2, 0) is 6.54 Å². The number of benzene rings is 1. The quantitative estimate of drug-likeness (QED) is 0.644. The Morgan fingerprint density at radius 3 is 2.71 bits per heavy atom. The van der Waals surface area contributed by atoms with Gasteiger partial charge in [-0.3, -0.25) is 19.8 Å². The summed E-state index contributed by atoms with van der Waals surface area (Å²) in [6, 6.07) is 7.96. The van der Waals surface area contributed by atoms with Gasteiger partial charge < -0.3 is 5.32 Å². The third-order valence-corrected chi connectivity index (χ3v) is 6.16. The monoisotopic (exact) mass is 425 g/mol. The van der Waals surface area contributed by atoms with Crippen molar-refractivity contribution >= 4 is 16.8 Å². The number of hydrogen-bond acceptors (Lipinski definition) is 4. The van der Waals surface area contributed by atoms with E-state index in [1.165, 1.54) is 6.42 Å². The summed E-state index contributed by atoms with van der Waals surface area (Å²) in [6.07, 6.45) is 9.01.